The van der Waals surface area contributed by atoms with Gasteiger partial charge in [-0.1, -0.05) is 37.1 Å². The van der Waals surface area contributed by atoms with Gasteiger partial charge in [0.1, 0.15) is 0 Å². The standard InChI is InChI=1S/C28H33N3O3/c1-20-6-2-5-9-24(20)28(19-26(33)31(27(28)34)23-7-3-4-8-23)18-25(32)30-16-12-22(13-17-30)21-10-14-29-15-11-21/h2,5-6,9-11,14-15,22-23H,3-4,7-8,12-13,16-19H2,1H3. The molecule has 178 valence electrons. The van der Waals surface area contributed by atoms with E-state index in [4.69, 9.17) is 0 Å². The molecule has 6 heteroatoms. The lowest BCUT2D eigenvalue weighted by Crippen LogP contribution is -2.47. The fourth-order valence-corrected chi connectivity index (χ4v) is 6.32. The van der Waals surface area contributed by atoms with Crippen molar-refractivity contribution in [3.05, 3.63) is 65.5 Å². The van der Waals surface area contributed by atoms with Gasteiger partial charge in [0.05, 0.1) is 5.41 Å². The number of hydrogen-bond acceptors (Lipinski definition) is 4. The van der Waals surface area contributed by atoms with Crippen LogP contribution in [0.5, 0.6) is 0 Å². The molecule has 6 nitrogen and oxygen atoms in total. The van der Waals surface area contributed by atoms with Gasteiger partial charge >= 0.3 is 0 Å². The molecule has 0 bridgehead atoms. The quantitative estimate of drug-likeness (QED) is 0.631. The predicted octanol–water partition coefficient (Wildman–Crippen LogP) is 4.13. The first-order valence-electron chi connectivity index (χ1n) is 12.6. The first-order chi connectivity index (χ1) is 16.5. The maximum absolute atomic E-state index is 14.0. The summed E-state index contributed by atoms with van der Waals surface area (Å²) in [6.45, 7) is 3.31. The Morgan fingerprint density at radius 2 is 1.68 bits per heavy atom. The van der Waals surface area contributed by atoms with E-state index in [0.29, 0.717) is 19.0 Å². The van der Waals surface area contributed by atoms with E-state index < -0.39 is 5.41 Å². The molecule has 1 aromatic heterocycles. The van der Waals surface area contributed by atoms with E-state index in [1.807, 2.05) is 48.5 Å². The molecule has 0 radical (unpaired) electrons. The summed E-state index contributed by atoms with van der Waals surface area (Å²) in [5.41, 5.74) is 1.96. The Labute approximate surface area is 201 Å². The lowest BCUT2D eigenvalue weighted by Gasteiger charge is -2.36. The first kappa shape index (κ1) is 22.8. The third-order valence-electron chi connectivity index (χ3n) is 8.18. The number of benzene rings is 1. The van der Waals surface area contributed by atoms with E-state index in [2.05, 4.69) is 17.1 Å². The van der Waals surface area contributed by atoms with Crippen LogP contribution in [-0.2, 0) is 19.8 Å². The summed E-state index contributed by atoms with van der Waals surface area (Å²) in [5, 5.41) is 0. The molecule has 3 heterocycles. The molecule has 1 unspecified atom stereocenters. The van der Waals surface area contributed by atoms with Crippen LogP contribution in [0.1, 0.15) is 74.0 Å². The van der Waals surface area contributed by atoms with E-state index in [1.54, 1.807) is 0 Å². The number of pyridine rings is 1. The van der Waals surface area contributed by atoms with Crippen LogP contribution in [0, 0.1) is 6.92 Å². The van der Waals surface area contributed by atoms with E-state index in [1.165, 1.54) is 10.5 Å². The van der Waals surface area contributed by atoms with Crippen molar-refractivity contribution in [1.82, 2.24) is 14.8 Å². The molecular weight excluding hydrogens is 426 g/mol. The third kappa shape index (κ3) is 4.04. The number of likely N-dealkylation sites (tertiary alicyclic amines) is 2. The highest BCUT2D eigenvalue weighted by molar-refractivity contribution is 6.11. The number of rotatable bonds is 5. The number of imide groups is 1. The maximum Gasteiger partial charge on any atom is 0.241 e. The molecule has 5 rings (SSSR count). The number of nitrogens with zero attached hydrogens (tertiary/aromatic N) is 3. The highest BCUT2D eigenvalue weighted by atomic mass is 16.2. The van der Waals surface area contributed by atoms with Crippen LogP contribution < -0.4 is 0 Å². The van der Waals surface area contributed by atoms with Gasteiger partial charge in [-0.25, -0.2) is 0 Å². The van der Waals surface area contributed by atoms with Crippen molar-refractivity contribution in [2.24, 2.45) is 0 Å². The van der Waals surface area contributed by atoms with Gasteiger partial charge in [-0.05, 0) is 67.3 Å². The van der Waals surface area contributed by atoms with E-state index in [-0.39, 0.29) is 36.6 Å². The van der Waals surface area contributed by atoms with Gasteiger partial charge in [-0.3, -0.25) is 24.3 Å². The summed E-state index contributed by atoms with van der Waals surface area (Å²) < 4.78 is 0. The zero-order valence-electron chi connectivity index (χ0n) is 19.9. The van der Waals surface area contributed by atoms with Crippen molar-refractivity contribution < 1.29 is 14.4 Å². The third-order valence-corrected chi connectivity index (χ3v) is 8.18. The van der Waals surface area contributed by atoms with Crippen LogP contribution in [0.4, 0.5) is 0 Å². The number of piperidine rings is 1. The van der Waals surface area contributed by atoms with Crippen molar-refractivity contribution in [3.63, 3.8) is 0 Å². The highest BCUT2D eigenvalue weighted by Crippen LogP contribution is 2.44. The number of carbonyl (C=O) groups is 3. The Morgan fingerprint density at radius 1 is 1.00 bits per heavy atom. The zero-order chi connectivity index (χ0) is 23.7. The lowest BCUT2D eigenvalue weighted by molar-refractivity contribution is -0.145. The fraction of sp³-hybridized carbons (Fsp3) is 0.500. The molecular formula is C28H33N3O3. The second-order valence-electron chi connectivity index (χ2n) is 10.2. The topological polar surface area (TPSA) is 70.6 Å². The molecule has 34 heavy (non-hydrogen) atoms. The number of amides is 3. The zero-order valence-corrected chi connectivity index (χ0v) is 19.9. The average Bonchev–Trinajstić information content (AvgIpc) is 3.46. The normalized spacial score (nSPS) is 24.3. The predicted molar refractivity (Wildman–Crippen MR) is 129 cm³/mol. The summed E-state index contributed by atoms with van der Waals surface area (Å²) in [6, 6.07) is 11.8. The summed E-state index contributed by atoms with van der Waals surface area (Å²) >= 11 is 0. The minimum atomic E-state index is -1.09. The van der Waals surface area contributed by atoms with Gasteiger partial charge in [-0.15, -0.1) is 0 Å². The average molecular weight is 460 g/mol. The second kappa shape index (κ2) is 9.32. The summed E-state index contributed by atoms with van der Waals surface area (Å²) in [5.74, 6) is 0.110. The Balaban J connectivity index is 1.38. The van der Waals surface area contributed by atoms with Crippen molar-refractivity contribution in [2.45, 2.75) is 75.7 Å². The van der Waals surface area contributed by atoms with Gasteiger partial charge < -0.3 is 4.90 Å². The van der Waals surface area contributed by atoms with E-state index in [0.717, 1.165) is 49.7 Å². The summed E-state index contributed by atoms with van der Waals surface area (Å²) in [4.78, 5) is 48.3. The molecule has 2 saturated heterocycles. The molecule has 0 spiro atoms. The number of carbonyl (C=O) groups excluding carboxylic acids is 3. The number of aromatic nitrogens is 1. The number of hydrogen-bond donors (Lipinski definition) is 0. The smallest absolute Gasteiger partial charge is 0.241 e. The van der Waals surface area contributed by atoms with Gasteiger partial charge in [0, 0.05) is 44.4 Å². The molecule has 1 atom stereocenters. The minimum absolute atomic E-state index is 0.0166. The molecule has 1 aromatic carbocycles. The minimum Gasteiger partial charge on any atom is -0.343 e. The highest BCUT2D eigenvalue weighted by Gasteiger charge is 2.56. The molecule has 2 aliphatic heterocycles. The van der Waals surface area contributed by atoms with E-state index >= 15 is 0 Å². The lowest BCUT2D eigenvalue weighted by atomic mass is 9.73. The molecule has 1 saturated carbocycles. The molecule has 3 aliphatic rings. The van der Waals surface area contributed by atoms with Gasteiger partial charge in [0.25, 0.3) is 0 Å². The monoisotopic (exact) mass is 459 g/mol. The van der Waals surface area contributed by atoms with Crippen LogP contribution in [0.25, 0.3) is 0 Å². The molecule has 3 amide bonds. The molecule has 0 N–H and O–H groups in total. The number of aryl methyl sites for hydroxylation is 1. The van der Waals surface area contributed by atoms with Crippen molar-refractivity contribution in [3.8, 4) is 0 Å². The van der Waals surface area contributed by atoms with Gasteiger partial charge in [0.2, 0.25) is 17.7 Å². The Bertz CT molecular complexity index is 1070. The fourth-order valence-electron chi connectivity index (χ4n) is 6.32. The Hall–Kier alpha value is -3.02. The van der Waals surface area contributed by atoms with Crippen LogP contribution in [-0.4, -0.2) is 51.6 Å². The first-order valence-corrected chi connectivity index (χ1v) is 12.6. The molecule has 1 aliphatic carbocycles. The van der Waals surface area contributed by atoms with Gasteiger partial charge in [0.15, 0.2) is 0 Å². The molecule has 2 aromatic rings. The maximum atomic E-state index is 14.0. The van der Waals surface area contributed by atoms with E-state index in [9.17, 15) is 14.4 Å². The summed E-state index contributed by atoms with van der Waals surface area (Å²) in [7, 11) is 0. The van der Waals surface area contributed by atoms with Crippen LogP contribution in [0.3, 0.4) is 0 Å². The van der Waals surface area contributed by atoms with Crippen LogP contribution >= 0.6 is 0 Å². The molecule has 3 fully saturated rings. The van der Waals surface area contributed by atoms with Crippen molar-refractivity contribution in [2.75, 3.05) is 13.1 Å². The second-order valence-corrected chi connectivity index (χ2v) is 10.2. The summed E-state index contributed by atoms with van der Waals surface area (Å²) in [6.07, 6.45) is 9.42. The van der Waals surface area contributed by atoms with Crippen LogP contribution in [0.2, 0.25) is 0 Å². The Kier molecular flexibility index (Phi) is 6.24. The van der Waals surface area contributed by atoms with Crippen molar-refractivity contribution >= 4 is 17.7 Å². The van der Waals surface area contributed by atoms with Crippen molar-refractivity contribution in [1.29, 1.82) is 0 Å². The SMILES string of the molecule is Cc1ccccc1C1(CC(=O)N2CCC(c3ccncc3)CC2)CC(=O)N(C2CCCC2)C1=O. The largest absolute Gasteiger partial charge is 0.343 e. The Morgan fingerprint density at radius 3 is 2.35 bits per heavy atom. The van der Waals surface area contributed by atoms with Crippen LogP contribution in [0.15, 0.2) is 48.8 Å². The van der Waals surface area contributed by atoms with Gasteiger partial charge in [-0.2, -0.15) is 0 Å².